The lowest BCUT2D eigenvalue weighted by molar-refractivity contribution is 0.0950. The van der Waals surface area contributed by atoms with Crippen molar-refractivity contribution in [2.75, 3.05) is 24.5 Å². The topological polar surface area (TPSA) is 74.3 Å². The van der Waals surface area contributed by atoms with Gasteiger partial charge < -0.3 is 15.5 Å². The average Bonchev–Trinajstić information content (AvgIpc) is 2.79. The molecule has 0 fully saturated rings. The molecule has 0 atom stereocenters. The standard InChI is InChI=1S/C26H36N4O2/c1-20(2)12-15-29-25(31)21-10-11-24-23(17-21)19-27-13-6-4-3-5-7-16-30(24)26(32)22-9-8-14-28-18-22/h8-11,14,17-18,20,27H,3-7,12-13,15-16,19H2,1-2H3,(H,29,31). The molecule has 0 saturated heterocycles. The molecule has 0 unspecified atom stereocenters. The quantitative estimate of drug-likeness (QED) is 0.721. The van der Waals surface area contributed by atoms with Crippen LogP contribution in [-0.2, 0) is 6.54 Å². The molecule has 0 spiro atoms. The molecule has 1 aliphatic rings. The number of carbonyl (C=O) groups excluding carboxylic acids is 2. The predicted octanol–water partition coefficient (Wildman–Crippen LogP) is 4.56. The van der Waals surface area contributed by atoms with Gasteiger partial charge in [0.05, 0.1) is 5.56 Å². The minimum atomic E-state index is -0.0651. The van der Waals surface area contributed by atoms with Crippen LogP contribution in [0.3, 0.4) is 0 Å². The van der Waals surface area contributed by atoms with E-state index in [2.05, 4.69) is 29.5 Å². The first kappa shape index (κ1) is 23.9. The fourth-order valence-corrected chi connectivity index (χ4v) is 3.96. The summed E-state index contributed by atoms with van der Waals surface area (Å²) in [5.74, 6) is 0.429. The molecule has 2 aromatic rings. The fraction of sp³-hybridized carbons (Fsp3) is 0.500. The van der Waals surface area contributed by atoms with Gasteiger partial charge >= 0.3 is 0 Å². The molecule has 1 aliphatic heterocycles. The van der Waals surface area contributed by atoms with Gasteiger partial charge in [0.2, 0.25) is 0 Å². The molecule has 0 radical (unpaired) electrons. The lowest BCUT2D eigenvalue weighted by Gasteiger charge is -2.26. The van der Waals surface area contributed by atoms with E-state index in [0.29, 0.717) is 36.7 Å². The molecular formula is C26H36N4O2. The molecule has 32 heavy (non-hydrogen) atoms. The van der Waals surface area contributed by atoms with Crippen molar-refractivity contribution in [3.8, 4) is 0 Å². The van der Waals surface area contributed by atoms with Crippen molar-refractivity contribution >= 4 is 17.5 Å². The average molecular weight is 437 g/mol. The molecule has 6 nitrogen and oxygen atoms in total. The Morgan fingerprint density at radius 2 is 1.91 bits per heavy atom. The van der Waals surface area contributed by atoms with Crippen LogP contribution < -0.4 is 15.5 Å². The van der Waals surface area contributed by atoms with Gasteiger partial charge in [0, 0.05) is 43.3 Å². The lowest BCUT2D eigenvalue weighted by Crippen LogP contribution is -2.34. The molecule has 2 amide bonds. The van der Waals surface area contributed by atoms with E-state index in [4.69, 9.17) is 0 Å². The summed E-state index contributed by atoms with van der Waals surface area (Å²) >= 11 is 0. The molecule has 0 saturated carbocycles. The van der Waals surface area contributed by atoms with Gasteiger partial charge in [0.1, 0.15) is 0 Å². The highest BCUT2D eigenvalue weighted by atomic mass is 16.2. The van der Waals surface area contributed by atoms with E-state index < -0.39 is 0 Å². The molecule has 1 aromatic carbocycles. The van der Waals surface area contributed by atoms with Crippen molar-refractivity contribution in [1.82, 2.24) is 15.6 Å². The maximum Gasteiger partial charge on any atom is 0.259 e. The Kier molecular flexibility index (Phi) is 9.23. The van der Waals surface area contributed by atoms with Crippen molar-refractivity contribution in [3.63, 3.8) is 0 Å². The summed E-state index contributed by atoms with van der Waals surface area (Å²) in [5.41, 5.74) is 3.05. The summed E-state index contributed by atoms with van der Waals surface area (Å²) in [4.78, 5) is 32.1. The minimum absolute atomic E-state index is 0.0504. The third-order valence-corrected chi connectivity index (χ3v) is 5.84. The molecule has 0 bridgehead atoms. The zero-order chi connectivity index (χ0) is 22.8. The van der Waals surface area contributed by atoms with E-state index in [1.165, 1.54) is 12.8 Å². The van der Waals surface area contributed by atoms with E-state index in [1.807, 2.05) is 23.1 Å². The number of hydrogen-bond donors (Lipinski definition) is 2. The SMILES string of the molecule is CC(C)CCNC(=O)c1ccc2c(c1)CNCCCCCCCN2C(=O)c1cccnc1. The number of anilines is 1. The summed E-state index contributed by atoms with van der Waals surface area (Å²) in [6, 6.07) is 9.28. The summed E-state index contributed by atoms with van der Waals surface area (Å²) < 4.78 is 0. The van der Waals surface area contributed by atoms with Crippen LogP contribution in [0.2, 0.25) is 0 Å². The molecular weight excluding hydrogens is 400 g/mol. The van der Waals surface area contributed by atoms with Gasteiger partial charge in [-0.05, 0) is 67.6 Å². The largest absolute Gasteiger partial charge is 0.352 e. The van der Waals surface area contributed by atoms with Gasteiger partial charge in [-0.3, -0.25) is 14.6 Å². The number of carbonyl (C=O) groups is 2. The predicted molar refractivity (Wildman–Crippen MR) is 129 cm³/mol. The smallest absolute Gasteiger partial charge is 0.259 e. The van der Waals surface area contributed by atoms with E-state index in [1.54, 1.807) is 24.5 Å². The van der Waals surface area contributed by atoms with E-state index in [0.717, 1.165) is 43.5 Å². The maximum absolute atomic E-state index is 13.4. The molecule has 6 heteroatoms. The molecule has 3 rings (SSSR count). The van der Waals surface area contributed by atoms with Crippen LogP contribution in [-0.4, -0.2) is 36.4 Å². The van der Waals surface area contributed by atoms with Crippen molar-refractivity contribution in [2.24, 2.45) is 5.92 Å². The highest BCUT2D eigenvalue weighted by Crippen LogP contribution is 2.25. The van der Waals surface area contributed by atoms with Crippen LogP contribution in [0, 0.1) is 5.92 Å². The summed E-state index contributed by atoms with van der Waals surface area (Å²) in [7, 11) is 0. The van der Waals surface area contributed by atoms with Crippen molar-refractivity contribution in [2.45, 2.75) is 58.9 Å². The summed E-state index contributed by atoms with van der Waals surface area (Å²) in [5, 5.41) is 6.52. The van der Waals surface area contributed by atoms with Crippen molar-refractivity contribution < 1.29 is 9.59 Å². The Morgan fingerprint density at radius 1 is 1.09 bits per heavy atom. The van der Waals surface area contributed by atoms with Crippen molar-refractivity contribution in [1.29, 1.82) is 0 Å². The number of nitrogens with zero attached hydrogens (tertiary/aromatic N) is 2. The maximum atomic E-state index is 13.4. The lowest BCUT2D eigenvalue weighted by atomic mass is 10.0. The molecule has 172 valence electrons. The first-order chi connectivity index (χ1) is 15.6. The first-order valence-electron chi connectivity index (χ1n) is 11.9. The Bertz CT molecular complexity index is 883. The Balaban J connectivity index is 1.89. The zero-order valence-corrected chi connectivity index (χ0v) is 19.4. The first-order valence-corrected chi connectivity index (χ1v) is 11.9. The fourth-order valence-electron chi connectivity index (χ4n) is 3.96. The molecule has 0 aliphatic carbocycles. The third kappa shape index (κ3) is 6.89. The van der Waals surface area contributed by atoms with E-state index >= 15 is 0 Å². The van der Waals surface area contributed by atoms with Crippen LogP contribution in [0.5, 0.6) is 0 Å². The van der Waals surface area contributed by atoms with Crippen LogP contribution in [0.1, 0.15) is 78.7 Å². The summed E-state index contributed by atoms with van der Waals surface area (Å²) in [6.07, 6.45) is 9.81. The number of fused-ring (bicyclic) bond motifs is 1. The molecule has 2 heterocycles. The van der Waals surface area contributed by atoms with E-state index in [-0.39, 0.29) is 11.8 Å². The van der Waals surface area contributed by atoms with Gasteiger partial charge in [-0.2, -0.15) is 0 Å². The second kappa shape index (κ2) is 12.3. The van der Waals surface area contributed by atoms with Gasteiger partial charge in [0.25, 0.3) is 11.8 Å². The van der Waals surface area contributed by atoms with Crippen molar-refractivity contribution in [3.05, 3.63) is 59.4 Å². The number of pyridine rings is 1. The number of amides is 2. The van der Waals surface area contributed by atoms with Gasteiger partial charge in [-0.1, -0.05) is 33.1 Å². The van der Waals surface area contributed by atoms with Crippen LogP contribution in [0.15, 0.2) is 42.7 Å². The molecule has 1 aromatic heterocycles. The van der Waals surface area contributed by atoms with Gasteiger partial charge in [0.15, 0.2) is 0 Å². The van der Waals surface area contributed by atoms with Gasteiger partial charge in [-0.25, -0.2) is 0 Å². The second-order valence-corrected chi connectivity index (χ2v) is 8.92. The van der Waals surface area contributed by atoms with Crippen LogP contribution >= 0.6 is 0 Å². The minimum Gasteiger partial charge on any atom is -0.352 e. The highest BCUT2D eigenvalue weighted by Gasteiger charge is 2.21. The third-order valence-electron chi connectivity index (χ3n) is 5.84. The normalized spacial score (nSPS) is 15.4. The van der Waals surface area contributed by atoms with Crippen LogP contribution in [0.25, 0.3) is 0 Å². The van der Waals surface area contributed by atoms with Crippen LogP contribution in [0.4, 0.5) is 5.69 Å². The number of benzene rings is 1. The Hall–Kier alpha value is -2.73. The Labute approximate surface area is 191 Å². The van der Waals surface area contributed by atoms with E-state index in [9.17, 15) is 9.59 Å². The number of aromatic nitrogens is 1. The number of nitrogens with one attached hydrogen (secondary N) is 2. The van der Waals surface area contributed by atoms with Gasteiger partial charge in [-0.15, -0.1) is 0 Å². The number of rotatable bonds is 5. The number of hydrogen-bond acceptors (Lipinski definition) is 4. The highest BCUT2D eigenvalue weighted by molar-refractivity contribution is 6.06. The second-order valence-electron chi connectivity index (χ2n) is 8.92. The molecule has 2 N–H and O–H groups in total. The summed E-state index contributed by atoms with van der Waals surface area (Å²) in [6.45, 7) is 7.17. The zero-order valence-electron chi connectivity index (χ0n) is 19.4. The Morgan fingerprint density at radius 3 is 2.69 bits per heavy atom. The monoisotopic (exact) mass is 436 g/mol.